The van der Waals surface area contributed by atoms with Crippen molar-refractivity contribution in [2.45, 2.75) is 137 Å². The molecule has 0 unspecified atom stereocenters. The van der Waals surface area contributed by atoms with Crippen LogP contribution in [0.25, 0.3) is 22.9 Å². The molecule has 5 aliphatic rings. The first-order valence-electron chi connectivity index (χ1n) is 45.5. The Labute approximate surface area is 755 Å². The molecule has 126 heavy (non-hydrogen) atoms. The number of halogens is 2. The first-order valence-corrected chi connectivity index (χ1v) is 46.3. The number of nitrogens with one attached hydrogen (secondary N) is 6. The summed E-state index contributed by atoms with van der Waals surface area (Å²) in [6.07, 6.45) is 19.4. The number of fused-ring (bicyclic) bond motifs is 1. The Bertz CT molecular complexity index is 4950. The Morgan fingerprint density at radius 3 is 1.04 bits per heavy atom. The van der Waals surface area contributed by atoms with Crippen molar-refractivity contribution in [1.29, 1.82) is 0 Å². The normalized spacial score (nSPS) is 19.1. The molecule has 10 aromatic rings. The van der Waals surface area contributed by atoms with Gasteiger partial charge in [0.05, 0.1) is 18.1 Å². The van der Waals surface area contributed by atoms with Crippen molar-refractivity contribution in [3.8, 4) is 0 Å². The van der Waals surface area contributed by atoms with Crippen LogP contribution in [0.1, 0.15) is 156 Å². The zero-order valence-corrected chi connectivity index (χ0v) is 74.0. The van der Waals surface area contributed by atoms with Gasteiger partial charge in [-0.2, -0.15) is 0 Å². The van der Waals surface area contributed by atoms with Gasteiger partial charge in [-0.1, -0.05) is 266 Å². The number of nitrogens with zero attached hydrogens (tertiary/aromatic N) is 5. The van der Waals surface area contributed by atoms with Crippen molar-refractivity contribution in [3.05, 3.63) is 345 Å². The van der Waals surface area contributed by atoms with Crippen LogP contribution in [0, 0.1) is 0 Å². The molecule has 658 valence electrons. The summed E-state index contributed by atoms with van der Waals surface area (Å²) in [6, 6.07) is 90.2. The molecule has 20 heteroatoms. The number of likely N-dealkylation sites (tertiary alicyclic amines) is 2. The molecule has 0 bridgehead atoms. The molecular formula is C106H124Cl2N12O6. The molecule has 6 atom stereocenters. The summed E-state index contributed by atoms with van der Waals surface area (Å²) >= 11 is 11.9. The first kappa shape index (κ1) is 92.8. The van der Waals surface area contributed by atoms with E-state index in [1.165, 1.54) is 65.5 Å². The van der Waals surface area contributed by atoms with E-state index in [9.17, 15) is 28.8 Å². The predicted octanol–water partition coefficient (Wildman–Crippen LogP) is 16.2. The number of nitrogens with two attached hydrogens (primary N) is 1. The topological polar surface area (TPSA) is 217 Å². The standard InChI is InChI=1S/C37H45ClN4O2.C36H43ClN4O2.C33H36N4O2/c38-32-19-16-29(17-20-32)18-21-36(43)39-27-33-22-26-42(37(44)35(40-33)15-10-25-41-23-8-3-9-24-41)28-34(30-11-4-1-5-12-30)31-13-6-2-7-14-31;37-31-18-15-28(16-19-31)17-20-35(42)38-26-32-21-25-41(36(43)34(39-32)14-9-24-40-22-7-8-23-40)27-33(29-10-3-1-4-11-29)30-12-5-2-6-13-30;34-19-17-31-33(39)37(23-30(25-10-3-1-4-11-25)26-12-5-2-6-13-26)20-18-29(36-31)22-35-32(38)28-16-15-24-9-7-8-14-27(24)21-28/h1-2,4-7,11-14,16-21,33-35,40H,3,8-10,15,22-28H2,(H,39,43);1-6,10-13,15-20,32-34,39H,7-9,14,21-27H2,(H,38,42);1-16,21,29-31,36H,17-20,22-23,34H2,(H,35,38)/b21-18+;20-17+;/t33-,35-;32-,34-;29-,31-/m000/s1. The second-order valence-electron chi connectivity index (χ2n) is 33.9. The average molecular weight is 1730 g/mol. The number of hydrogen-bond donors (Lipinski definition) is 7. The fourth-order valence-electron chi connectivity index (χ4n) is 18.0. The molecule has 5 aliphatic heterocycles. The fourth-order valence-corrected chi connectivity index (χ4v) is 18.2. The number of amides is 6. The second kappa shape index (κ2) is 49.3. The number of carbonyl (C=O) groups excluding carboxylic acids is 6. The minimum atomic E-state index is -0.382. The molecule has 5 saturated heterocycles. The summed E-state index contributed by atoms with van der Waals surface area (Å²) in [5.41, 5.74) is 15.6. The highest BCUT2D eigenvalue weighted by Crippen LogP contribution is 2.32. The van der Waals surface area contributed by atoms with Gasteiger partial charge < -0.3 is 62.1 Å². The van der Waals surface area contributed by atoms with Crippen LogP contribution >= 0.6 is 23.2 Å². The molecular weight excluding hydrogens is 1610 g/mol. The van der Waals surface area contributed by atoms with Crippen molar-refractivity contribution in [1.82, 2.24) is 56.4 Å². The largest absolute Gasteiger partial charge is 0.351 e. The summed E-state index contributed by atoms with van der Waals surface area (Å²) < 4.78 is 0. The molecule has 0 aromatic heterocycles. The van der Waals surface area contributed by atoms with E-state index in [1.54, 1.807) is 36.4 Å². The highest BCUT2D eigenvalue weighted by atomic mass is 35.5. The van der Waals surface area contributed by atoms with Gasteiger partial charge in [0.1, 0.15) is 0 Å². The van der Waals surface area contributed by atoms with Gasteiger partial charge in [0.15, 0.2) is 0 Å². The van der Waals surface area contributed by atoms with E-state index in [0.717, 1.165) is 106 Å². The maximum Gasteiger partial charge on any atom is 0.251 e. The quantitative estimate of drug-likeness (QED) is 0.0191. The van der Waals surface area contributed by atoms with Crippen LogP contribution in [0.2, 0.25) is 10.0 Å². The molecule has 18 nitrogen and oxygen atoms in total. The van der Waals surface area contributed by atoms with Gasteiger partial charge in [0.2, 0.25) is 29.5 Å². The summed E-state index contributed by atoms with van der Waals surface area (Å²) in [5, 5.41) is 23.5. The second-order valence-corrected chi connectivity index (χ2v) is 34.8. The van der Waals surface area contributed by atoms with Gasteiger partial charge in [-0.15, -0.1) is 0 Å². The minimum absolute atomic E-state index is 0.00344. The molecule has 15 rings (SSSR count). The molecule has 5 fully saturated rings. The maximum absolute atomic E-state index is 14.1. The lowest BCUT2D eigenvalue weighted by Crippen LogP contribution is -2.49. The summed E-state index contributed by atoms with van der Waals surface area (Å²) in [4.78, 5) is 91.4. The molecule has 8 N–H and O–H groups in total. The van der Waals surface area contributed by atoms with Crippen molar-refractivity contribution >= 4 is 81.6 Å². The van der Waals surface area contributed by atoms with Gasteiger partial charge in [-0.3, -0.25) is 28.8 Å². The van der Waals surface area contributed by atoms with Crippen LogP contribution in [0.4, 0.5) is 0 Å². The van der Waals surface area contributed by atoms with Gasteiger partial charge in [0.25, 0.3) is 5.91 Å². The number of carbonyl (C=O) groups is 6. The van der Waals surface area contributed by atoms with E-state index in [1.807, 2.05) is 144 Å². The third-order valence-corrected chi connectivity index (χ3v) is 25.5. The fraction of sp³-hybridized carbons (Fsp3) is 0.358. The zero-order valence-electron chi connectivity index (χ0n) is 72.5. The SMILES string of the molecule is NCC[C@@H]1N[C@H](CNC(=O)c2ccc3ccccc3c2)CCN(CC(c2ccccc2)c2ccccc2)C1=O.O=C(/C=C/c1ccc(Cl)cc1)NC[C@@H]1CCN(CC(c2ccccc2)c2ccccc2)C(=O)[C@H](CCCN2CCCC2)N1.O=C(/C=C/c1ccc(Cl)cc1)NC[C@@H]1CCN(CC(c2ccccc2)c2ccccc2)C(=O)[C@H](CCCN2CCCCC2)N1. The molecule has 6 amide bonds. The minimum Gasteiger partial charge on any atom is -0.351 e. The number of benzene rings is 10. The van der Waals surface area contributed by atoms with Crippen LogP contribution in [0.3, 0.4) is 0 Å². The Kier molecular flexibility index (Phi) is 36.3. The highest BCUT2D eigenvalue weighted by Gasteiger charge is 2.37. The Morgan fingerprint density at radius 2 is 0.690 bits per heavy atom. The molecule has 0 radical (unpaired) electrons. The van der Waals surface area contributed by atoms with E-state index in [2.05, 4.69) is 173 Å². The van der Waals surface area contributed by atoms with Crippen LogP contribution in [-0.2, 0) is 24.0 Å². The Morgan fingerprint density at radius 1 is 0.373 bits per heavy atom. The average Bonchev–Trinajstić information content (AvgIpc) is 1.50. The number of hydrogen-bond acceptors (Lipinski definition) is 12. The summed E-state index contributed by atoms with van der Waals surface area (Å²) in [7, 11) is 0. The Hall–Kier alpha value is -10.9. The van der Waals surface area contributed by atoms with Crippen LogP contribution in [-0.4, -0.2) is 201 Å². The Balaban J connectivity index is 0.000000162. The number of piperidine rings is 1. The predicted molar refractivity (Wildman–Crippen MR) is 511 cm³/mol. The van der Waals surface area contributed by atoms with E-state index < -0.39 is 0 Å². The van der Waals surface area contributed by atoms with E-state index in [-0.39, 0.29) is 89.4 Å². The summed E-state index contributed by atoms with van der Waals surface area (Å²) in [5.74, 6) is 0.229. The lowest BCUT2D eigenvalue weighted by atomic mass is 9.90. The third-order valence-electron chi connectivity index (χ3n) is 25.0. The molecule has 0 spiro atoms. The monoisotopic (exact) mass is 1730 g/mol. The lowest BCUT2D eigenvalue weighted by Gasteiger charge is -2.30. The van der Waals surface area contributed by atoms with Gasteiger partial charge in [-0.05, 0) is 227 Å². The molecule has 0 aliphatic carbocycles. The van der Waals surface area contributed by atoms with Crippen molar-refractivity contribution in [2.75, 3.05) is 105 Å². The third kappa shape index (κ3) is 28.6. The van der Waals surface area contributed by atoms with E-state index in [4.69, 9.17) is 28.9 Å². The molecule has 0 saturated carbocycles. The van der Waals surface area contributed by atoms with Crippen molar-refractivity contribution in [2.24, 2.45) is 5.73 Å². The van der Waals surface area contributed by atoms with Crippen molar-refractivity contribution in [3.63, 3.8) is 0 Å². The van der Waals surface area contributed by atoms with Crippen LogP contribution in [0.5, 0.6) is 0 Å². The maximum atomic E-state index is 14.1. The highest BCUT2D eigenvalue weighted by molar-refractivity contribution is 6.31. The molecule has 5 heterocycles. The van der Waals surface area contributed by atoms with Gasteiger partial charge >= 0.3 is 0 Å². The lowest BCUT2D eigenvalue weighted by molar-refractivity contribution is -0.133. The molecule has 10 aromatic carbocycles. The zero-order chi connectivity index (χ0) is 87.4. The van der Waals surface area contributed by atoms with E-state index >= 15 is 0 Å². The van der Waals surface area contributed by atoms with Crippen LogP contribution in [0.15, 0.2) is 285 Å². The van der Waals surface area contributed by atoms with Crippen LogP contribution < -0.4 is 37.6 Å². The summed E-state index contributed by atoms with van der Waals surface area (Å²) in [6.45, 7) is 12.2. The van der Waals surface area contributed by atoms with E-state index in [0.29, 0.717) is 87.5 Å². The number of rotatable bonds is 33. The van der Waals surface area contributed by atoms with Crippen molar-refractivity contribution < 1.29 is 28.8 Å². The first-order chi connectivity index (χ1) is 61.7. The van der Waals surface area contributed by atoms with Gasteiger partial charge in [-0.25, -0.2) is 0 Å². The van der Waals surface area contributed by atoms with Gasteiger partial charge in [0, 0.05) is 123 Å². The smallest absolute Gasteiger partial charge is 0.251 e.